The Hall–Kier alpha value is -1.77. The van der Waals surface area contributed by atoms with E-state index in [2.05, 4.69) is 0 Å². The maximum absolute atomic E-state index is 10.8. The fourth-order valence-electron chi connectivity index (χ4n) is 1.26. The second-order valence-electron chi connectivity index (χ2n) is 2.76. The number of carboxylic acid groups (broad SMARTS) is 1. The van der Waals surface area contributed by atoms with Crippen molar-refractivity contribution < 1.29 is 14.0 Å². The molecule has 3 nitrogen and oxygen atoms in total. The van der Waals surface area contributed by atoms with Gasteiger partial charge in [-0.15, -0.1) is 0 Å². The number of nitrogens with zero attached hydrogens (tertiary/aromatic N) is 1. The Balaban J connectivity index is 2.70. The predicted molar refractivity (Wildman–Crippen MR) is 49.9 cm³/mol. The minimum atomic E-state index is -2.29. The molecule has 0 saturated carbocycles. The van der Waals surface area contributed by atoms with E-state index in [-0.39, 0.29) is 5.56 Å². The van der Waals surface area contributed by atoms with Crippen LogP contribution in [0, 0.1) is 0 Å². The van der Waals surface area contributed by atoms with Crippen molar-refractivity contribution in [2.24, 2.45) is 6.98 Å². The largest absolute Gasteiger partial charge is 0.478 e. The molecule has 0 bridgehead atoms. The monoisotopic (exact) mass is 178 g/mol. The van der Waals surface area contributed by atoms with E-state index in [0.717, 1.165) is 4.57 Å². The Morgan fingerprint density at radius 2 is 2.38 bits per heavy atom. The molecule has 0 atom stereocenters. The summed E-state index contributed by atoms with van der Waals surface area (Å²) in [6, 6.07) is 6.06. The second kappa shape index (κ2) is 2.62. The molecular formula is C10H9NO2. The Morgan fingerprint density at radius 1 is 1.54 bits per heavy atom. The van der Waals surface area contributed by atoms with Crippen LogP contribution < -0.4 is 0 Å². The van der Waals surface area contributed by atoms with Crippen molar-refractivity contribution in [3.8, 4) is 0 Å². The lowest BCUT2D eigenvalue weighted by Gasteiger charge is -1.97. The van der Waals surface area contributed by atoms with Crippen LogP contribution in [0.1, 0.15) is 14.5 Å². The van der Waals surface area contributed by atoms with Crippen LogP contribution in [0.2, 0.25) is 0 Å². The minimum Gasteiger partial charge on any atom is -0.478 e. The number of aromatic nitrogens is 1. The number of aryl methyl sites for hydroxylation is 1. The lowest BCUT2D eigenvalue weighted by atomic mass is 10.2. The van der Waals surface area contributed by atoms with Gasteiger partial charge in [0, 0.05) is 22.8 Å². The Morgan fingerprint density at radius 3 is 3.08 bits per heavy atom. The maximum Gasteiger partial charge on any atom is 0.335 e. The minimum absolute atomic E-state index is 0.0803. The Labute approximate surface area is 79.4 Å². The van der Waals surface area contributed by atoms with Gasteiger partial charge < -0.3 is 9.67 Å². The molecule has 0 saturated heterocycles. The van der Waals surface area contributed by atoms with E-state index < -0.39 is 12.9 Å². The molecule has 0 fully saturated rings. The van der Waals surface area contributed by atoms with Crippen LogP contribution in [-0.4, -0.2) is 15.6 Å². The van der Waals surface area contributed by atoms with Crippen molar-refractivity contribution in [1.29, 1.82) is 0 Å². The third kappa shape index (κ3) is 1.18. The summed E-state index contributed by atoms with van der Waals surface area (Å²) in [5.41, 5.74) is 0.483. The molecule has 13 heavy (non-hydrogen) atoms. The topological polar surface area (TPSA) is 42.2 Å². The van der Waals surface area contributed by atoms with Gasteiger partial charge >= 0.3 is 5.97 Å². The first-order valence-electron chi connectivity index (χ1n) is 5.24. The summed E-state index contributed by atoms with van der Waals surface area (Å²) in [5.74, 6) is -1.07. The van der Waals surface area contributed by atoms with Crippen LogP contribution in [0.15, 0.2) is 30.5 Å². The lowest BCUT2D eigenvalue weighted by molar-refractivity contribution is 0.0697. The van der Waals surface area contributed by atoms with Gasteiger partial charge in [-0.25, -0.2) is 4.79 Å². The van der Waals surface area contributed by atoms with Crippen molar-refractivity contribution in [1.82, 2.24) is 4.57 Å². The van der Waals surface area contributed by atoms with Gasteiger partial charge in [-0.2, -0.15) is 0 Å². The van der Waals surface area contributed by atoms with Crippen molar-refractivity contribution >= 4 is 16.9 Å². The fraction of sp³-hybridized carbons (Fsp3) is 0.100. The Bertz CT molecular complexity index is 557. The van der Waals surface area contributed by atoms with Gasteiger partial charge in [-0.3, -0.25) is 0 Å². The average molecular weight is 178 g/mol. The first-order valence-corrected chi connectivity index (χ1v) is 3.74. The van der Waals surface area contributed by atoms with Gasteiger partial charge in [-0.05, 0) is 23.6 Å². The molecule has 0 unspecified atom stereocenters. The van der Waals surface area contributed by atoms with Crippen molar-refractivity contribution in [2.75, 3.05) is 0 Å². The molecule has 0 spiro atoms. The maximum atomic E-state index is 10.8. The fourth-order valence-corrected chi connectivity index (χ4v) is 1.26. The van der Waals surface area contributed by atoms with E-state index in [1.807, 2.05) is 0 Å². The summed E-state index contributed by atoms with van der Waals surface area (Å²) in [7, 11) is 0. The number of carboxylic acids is 1. The van der Waals surface area contributed by atoms with Crippen LogP contribution in [0.25, 0.3) is 10.9 Å². The van der Waals surface area contributed by atoms with Gasteiger partial charge in [0.2, 0.25) is 0 Å². The normalized spacial score (nSPS) is 14.9. The first-order chi connectivity index (χ1) is 7.39. The molecule has 0 aliphatic carbocycles. The van der Waals surface area contributed by atoms with E-state index in [4.69, 9.17) is 9.22 Å². The van der Waals surface area contributed by atoms with Crippen molar-refractivity contribution in [2.45, 2.75) is 0 Å². The number of hydrogen-bond donors (Lipinski definition) is 1. The molecule has 0 radical (unpaired) electrons. The summed E-state index contributed by atoms with van der Waals surface area (Å²) in [6.45, 7) is -2.29. The summed E-state index contributed by atoms with van der Waals surface area (Å²) in [4.78, 5) is 10.8. The van der Waals surface area contributed by atoms with Gasteiger partial charge in [0.15, 0.2) is 0 Å². The summed E-state index contributed by atoms with van der Waals surface area (Å²) >= 11 is 0. The van der Waals surface area contributed by atoms with Crippen LogP contribution in [-0.2, 0) is 6.98 Å². The summed E-state index contributed by atoms with van der Waals surface area (Å²) < 4.78 is 23.0. The van der Waals surface area contributed by atoms with Crippen LogP contribution >= 0.6 is 0 Å². The second-order valence-corrected chi connectivity index (χ2v) is 2.76. The Kier molecular flexibility index (Phi) is 1.02. The number of aromatic carboxylic acids is 1. The van der Waals surface area contributed by atoms with E-state index >= 15 is 0 Å². The van der Waals surface area contributed by atoms with Gasteiger partial charge in [0.25, 0.3) is 0 Å². The van der Waals surface area contributed by atoms with Gasteiger partial charge in [0.1, 0.15) is 0 Å². The molecule has 1 heterocycles. The first kappa shape index (κ1) is 5.07. The molecule has 0 aliphatic heterocycles. The smallest absolute Gasteiger partial charge is 0.335 e. The van der Waals surface area contributed by atoms with Crippen molar-refractivity contribution in [3.63, 3.8) is 0 Å². The van der Waals surface area contributed by atoms with Gasteiger partial charge in [0.05, 0.1) is 5.56 Å². The lowest BCUT2D eigenvalue weighted by Crippen LogP contribution is -1.96. The highest BCUT2D eigenvalue weighted by Gasteiger charge is 2.04. The quantitative estimate of drug-likeness (QED) is 0.724. The zero-order valence-electron chi connectivity index (χ0n) is 9.69. The third-order valence-corrected chi connectivity index (χ3v) is 1.94. The number of fused-ring (bicyclic) bond motifs is 1. The van der Waals surface area contributed by atoms with Gasteiger partial charge in [-0.1, -0.05) is 6.07 Å². The highest BCUT2D eigenvalue weighted by atomic mass is 16.4. The number of hydrogen-bond acceptors (Lipinski definition) is 1. The predicted octanol–water partition coefficient (Wildman–Crippen LogP) is 1.88. The SMILES string of the molecule is [2H]C([2H])([2H])n1ccc2ccc(C(=O)O)cc21. The zero-order valence-corrected chi connectivity index (χ0v) is 6.69. The molecule has 0 aliphatic rings. The summed E-state index contributed by atoms with van der Waals surface area (Å²) in [5, 5.41) is 9.53. The standard InChI is InChI=1S/C10H9NO2/c1-11-5-4-7-2-3-8(10(12)13)6-9(7)11/h2-6H,1H3,(H,12,13)/i1D3. The van der Waals surface area contributed by atoms with Crippen LogP contribution in [0.3, 0.4) is 0 Å². The van der Waals surface area contributed by atoms with Crippen molar-refractivity contribution in [3.05, 3.63) is 36.0 Å². The molecule has 3 heteroatoms. The number of carbonyl (C=O) groups is 1. The number of rotatable bonds is 1. The van der Waals surface area contributed by atoms with E-state index in [0.29, 0.717) is 10.9 Å². The molecule has 1 aromatic heterocycles. The summed E-state index contributed by atoms with van der Waals surface area (Å²) in [6.07, 6.45) is 1.43. The highest BCUT2D eigenvalue weighted by Crippen LogP contribution is 2.16. The molecule has 66 valence electrons. The number of benzene rings is 1. The molecule has 2 rings (SSSR count). The molecule has 1 N–H and O–H groups in total. The van der Waals surface area contributed by atoms with Crippen LogP contribution in [0.5, 0.6) is 0 Å². The highest BCUT2D eigenvalue weighted by molar-refractivity contribution is 5.93. The average Bonchev–Trinajstić information content (AvgIpc) is 2.58. The molecule has 2 aromatic rings. The zero-order chi connectivity index (χ0) is 11.9. The third-order valence-electron chi connectivity index (χ3n) is 1.94. The van der Waals surface area contributed by atoms with E-state index in [1.165, 1.54) is 18.3 Å². The van der Waals surface area contributed by atoms with E-state index in [1.54, 1.807) is 12.1 Å². The van der Waals surface area contributed by atoms with Crippen LogP contribution in [0.4, 0.5) is 0 Å². The molecule has 1 aromatic carbocycles. The molecule has 0 amide bonds. The van der Waals surface area contributed by atoms with E-state index in [9.17, 15) is 4.79 Å². The molecular weight excluding hydrogens is 166 g/mol.